The smallest absolute Gasteiger partial charge is 0.462 e. The van der Waals surface area contributed by atoms with Crippen LogP contribution in [0.25, 0.3) is 0 Å². The van der Waals surface area contributed by atoms with Crippen molar-refractivity contribution in [1.29, 1.82) is 0 Å². The first kappa shape index (κ1) is 57.8. The maximum Gasteiger partial charge on any atom is 0.472 e. The summed E-state index contributed by atoms with van der Waals surface area (Å²) in [4.78, 5) is 52.9. The van der Waals surface area contributed by atoms with Crippen LogP contribution in [0.4, 0.5) is 0 Å². The lowest BCUT2D eigenvalue weighted by atomic mass is 9.99. The molecule has 0 spiro atoms. The van der Waals surface area contributed by atoms with Gasteiger partial charge < -0.3 is 34.0 Å². The van der Waals surface area contributed by atoms with Gasteiger partial charge in [-0.2, -0.15) is 0 Å². The van der Waals surface area contributed by atoms with Gasteiger partial charge in [-0.1, -0.05) is 168 Å². The lowest BCUT2D eigenvalue weighted by Gasteiger charge is -2.20. The van der Waals surface area contributed by atoms with Gasteiger partial charge in [0.25, 0.3) is 0 Å². The second-order valence-corrected chi connectivity index (χ2v) is 19.7. The predicted molar refractivity (Wildman–Crippen MR) is 239 cm³/mol. The van der Waals surface area contributed by atoms with E-state index in [1.54, 1.807) is 0 Å². The van der Waals surface area contributed by atoms with E-state index in [9.17, 15) is 28.7 Å². The molecule has 6 atom stereocenters. The number of phosphoric ester groups is 2. The molecule has 0 aromatic heterocycles. The molecule has 4 N–H and O–H groups in total. The van der Waals surface area contributed by atoms with E-state index in [0.29, 0.717) is 25.0 Å². The quantitative estimate of drug-likeness (QED) is 0.0147. The zero-order valence-electron chi connectivity index (χ0n) is 38.1. The van der Waals surface area contributed by atoms with Crippen molar-refractivity contribution < 1.29 is 66.3 Å². The second-order valence-electron chi connectivity index (χ2n) is 17.0. The summed E-state index contributed by atoms with van der Waals surface area (Å²) < 4.78 is 53.7. The Morgan fingerprint density at radius 1 is 0.623 bits per heavy atom. The van der Waals surface area contributed by atoms with Crippen LogP contribution >= 0.6 is 15.6 Å². The summed E-state index contributed by atoms with van der Waals surface area (Å²) in [6.07, 6.45) is 33.5. The van der Waals surface area contributed by atoms with Crippen LogP contribution in [0.2, 0.25) is 0 Å². The molecule has 0 aromatic rings. The van der Waals surface area contributed by atoms with E-state index < -0.39 is 59.6 Å². The van der Waals surface area contributed by atoms with Crippen LogP contribution in [0, 0.1) is 5.92 Å². The van der Waals surface area contributed by atoms with Gasteiger partial charge in [0.05, 0.1) is 32.0 Å². The molecule has 1 fully saturated rings. The lowest BCUT2D eigenvalue weighted by molar-refractivity contribution is -0.161. The third kappa shape index (κ3) is 37.9. The van der Waals surface area contributed by atoms with Crippen LogP contribution in [-0.4, -0.2) is 82.6 Å². The lowest BCUT2D eigenvalue weighted by Crippen LogP contribution is -2.30. The van der Waals surface area contributed by atoms with Gasteiger partial charge in [-0.25, -0.2) is 9.13 Å². The molecular formula is C45H86O14P2. The van der Waals surface area contributed by atoms with E-state index in [1.807, 2.05) is 0 Å². The highest BCUT2D eigenvalue weighted by atomic mass is 31.2. The summed E-state index contributed by atoms with van der Waals surface area (Å²) >= 11 is 0. The minimum absolute atomic E-state index is 0.112. The molecule has 1 aliphatic heterocycles. The van der Waals surface area contributed by atoms with E-state index in [2.05, 4.69) is 37.4 Å². The van der Waals surface area contributed by atoms with Crippen molar-refractivity contribution in [2.45, 2.75) is 231 Å². The number of ether oxygens (including phenoxy) is 3. The molecule has 16 heteroatoms. The third-order valence-corrected chi connectivity index (χ3v) is 12.5. The van der Waals surface area contributed by atoms with Gasteiger partial charge in [0.2, 0.25) is 0 Å². The Balaban J connectivity index is 2.31. The van der Waals surface area contributed by atoms with Crippen molar-refractivity contribution in [3.63, 3.8) is 0 Å². The summed E-state index contributed by atoms with van der Waals surface area (Å²) in [5.74, 6) is -0.182. The molecule has 1 saturated heterocycles. The molecular weight excluding hydrogens is 826 g/mol. The number of hydrogen-bond donors (Lipinski definition) is 4. The minimum atomic E-state index is -4.87. The summed E-state index contributed by atoms with van der Waals surface area (Å²) in [5, 5.41) is 9.77. The Labute approximate surface area is 368 Å². The number of rotatable bonds is 44. The molecule has 14 nitrogen and oxygen atoms in total. The standard InChI is InChI=1S/C45H86O14P2/c1-4-6-7-8-21-26-31-42-43(59-42)32-27-22-19-24-29-34-45(48)58-41(38-57-61(52,53)56-36-40(46)35-55-60(49,50)51)37-54-44(47)33-28-23-18-16-14-12-10-9-11-13-15-17-20-25-30-39(3)5-2/h21,26,39-43,46H,4-20,22-25,27-38H2,1-3H3,(H,52,53)(H2,49,50,51)/b26-21-/t39?,40-,41+,42?,43?/m0/s1. The zero-order valence-corrected chi connectivity index (χ0v) is 39.9. The van der Waals surface area contributed by atoms with Gasteiger partial charge in [-0.15, -0.1) is 0 Å². The first-order valence-corrected chi connectivity index (χ1v) is 26.9. The maximum absolute atomic E-state index is 12.7. The molecule has 1 rings (SSSR count). The van der Waals surface area contributed by atoms with Gasteiger partial charge in [-0.05, 0) is 44.4 Å². The SMILES string of the molecule is CCCCC/C=C\CC1OC1CCCCCCCC(=O)O[C@H](COC(=O)CCCCCCCCCCCCCCCCC(C)CC)COP(=O)(O)OC[C@@H](O)COP(=O)(O)O. The number of carbonyl (C=O) groups excluding carboxylic acids is 2. The molecule has 1 aliphatic rings. The fourth-order valence-electron chi connectivity index (χ4n) is 6.98. The van der Waals surface area contributed by atoms with E-state index in [1.165, 1.54) is 96.3 Å². The highest BCUT2D eigenvalue weighted by molar-refractivity contribution is 7.47. The Kier molecular flexibility index (Phi) is 35.2. The fourth-order valence-corrected chi connectivity index (χ4v) is 8.13. The zero-order chi connectivity index (χ0) is 45.0. The van der Waals surface area contributed by atoms with Crippen LogP contribution in [0.1, 0.15) is 207 Å². The summed E-state index contributed by atoms with van der Waals surface area (Å²) in [5.41, 5.74) is 0. The molecule has 0 saturated carbocycles. The van der Waals surface area contributed by atoms with Crippen molar-refractivity contribution in [3.05, 3.63) is 12.2 Å². The molecule has 0 amide bonds. The number of allylic oxidation sites excluding steroid dienone is 1. The number of hydrogen-bond acceptors (Lipinski definition) is 11. The molecule has 0 aliphatic carbocycles. The summed E-state index contributed by atoms with van der Waals surface area (Å²) in [6, 6.07) is 0. The molecule has 1 heterocycles. The normalized spacial score (nSPS) is 17.9. The number of epoxide rings is 1. The number of carbonyl (C=O) groups is 2. The first-order chi connectivity index (χ1) is 29.2. The summed E-state index contributed by atoms with van der Waals surface area (Å²) in [7, 11) is -9.68. The van der Waals surface area contributed by atoms with Crippen LogP contribution in [-0.2, 0) is 46.5 Å². The number of esters is 2. The van der Waals surface area contributed by atoms with Gasteiger partial charge in [0.1, 0.15) is 12.7 Å². The Bertz CT molecular complexity index is 1210. The van der Waals surface area contributed by atoms with Crippen LogP contribution < -0.4 is 0 Å². The molecule has 360 valence electrons. The first-order valence-electron chi connectivity index (χ1n) is 23.9. The highest BCUT2D eigenvalue weighted by Crippen LogP contribution is 2.44. The minimum Gasteiger partial charge on any atom is -0.462 e. The van der Waals surface area contributed by atoms with Gasteiger partial charge in [0, 0.05) is 12.8 Å². The van der Waals surface area contributed by atoms with Crippen molar-refractivity contribution in [1.82, 2.24) is 0 Å². The van der Waals surface area contributed by atoms with Gasteiger partial charge in [0.15, 0.2) is 6.10 Å². The van der Waals surface area contributed by atoms with Crippen molar-refractivity contribution in [2.75, 3.05) is 26.4 Å². The molecule has 61 heavy (non-hydrogen) atoms. The predicted octanol–water partition coefficient (Wildman–Crippen LogP) is 11.4. The Morgan fingerprint density at radius 2 is 1.15 bits per heavy atom. The van der Waals surface area contributed by atoms with E-state index in [0.717, 1.165) is 70.1 Å². The van der Waals surface area contributed by atoms with Crippen LogP contribution in [0.15, 0.2) is 12.2 Å². The largest absolute Gasteiger partial charge is 0.472 e. The molecule has 0 bridgehead atoms. The molecule has 0 radical (unpaired) electrons. The average Bonchev–Trinajstić information content (AvgIpc) is 3.98. The fraction of sp³-hybridized carbons (Fsp3) is 0.911. The van der Waals surface area contributed by atoms with Gasteiger partial charge in [-0.3, -0.25) is 23.2 Å². The second kappa shape index (κ2) is 37.1. The summed E-state index contributed by atoms with van der Waals surface area (Å²) in [6.45, 7) is 4.10. The van der Waals surface area contributed by atoms with E-state index in [-0.39, 0.29) is 19.4 Å². The van der Waals surface area contributed by atoms with Crippen molar-refractivity contribution in [3.8, 4) is 0 Å². The van der Waals surface area contributed by atoms with Crippen molar-refractivity contribution >= 4 is 27.6 Å². The third-order valence-electron chi connectivity index (χ3n) is 11.1. The number of unbranched alkanes of at least 4 members (excludes halogenated alkanes) is 20. The van der Waals surface area contributed by atoms with Gasteiger partial charge >= 0.3 is 27.6 Å². The number of aliphatic hydroxyl groups excluding tert-OH is 1. The van der Waals surface area contributed by atoms with E-state index in [4.69, 9.17) is 33.0 Å². The van der Waals surface area contributed by atoms with Crippen molar-refractivity contribution in [2.24, 2.45) is 5.92 Å². The number of aliphatic hydroxyl groups is 1. The van der Waals surface area contributed by atoms with Crippen LogP contribution in [0.3, 0.4) is 0 Å². The Hall–Kier alpha value is -1.18. The highest BCUT2D eigenvalue weighted by Gasteiger charge is 2.36. The van der Waals surface area contributed by atoms with Crippen LogP contribution in [0.5, 0.6) is 0 Å². The Morgan fingerprint density at radius 3 is 1.72 bits per heavy atom. The maximum atomic E-state index is 12.7. The average molecular weight is 913 g/mol. The number of phosphoric acid groups is 2. The molecule has 0 aromatic carbocycles. The monoisotopic (exact) mass is 913 g/mol. The van der Waals surface area contributed by atoms with E-state index >= 15 is 0 Å². The molecule has 4 unspecified atom stereocenters. The topological polar surface area (TPSA) is 208 Å².